The van der Waals surface area contributed by atoms with Crippen molar-refractivity contribution in [2.45, 2.75) is 0 Å². The van der Waals surface area contributed by atoms with Crippen molar-refractivity contribution >= 4 is 33.4 Å². The summed E-state index contributed by atoms with van der Waals surface area (Å²) in [4.78, 5) is 16.4. The fourth-order valence-electron chi connectivity index (χ4n) is 2.19. The molecule has 112 valence electrons. The minimum atomic E-state index is -0.201. The van der Waals surface area contributed by atoms with E-state index in [1.54, 1.807) is 29.5 Å². The van der Waals surface area contributed by atoms with E-state index in [2.05, 4.69) is 4.98 Å². The average molecular weight is 321 g/mol. The predicted molar refractivity (Wildman–Crippen MR) is 89.4 cm³/mol. The Morgan fingerprint density at radius 3 is 2.83 bits per heavy atom. The number of para-hydroxylation sites is 1. The average Bonchev–Trinajstić information content (AvgIpc) is 3.31. The minimum Gasteiger partial charge on any atom is -0.461 e. The molecule has 4 aromatic rings. The van der Waals surface area contributed by atoms with Gasteiger partial charge in [-0.25, -0.2) is 4.98 Å². The molecule has 0 radical (unpaired) electrons. The second-order valence-electron chi connectivity index (χ2n) is 4.86. The molecule has 0 aliphatic heterocycles. The van der Waals surface area contributed by atoms with Gasteiger partial charge in [0, 0.05) is 0 Å². The summed E-state index contributed by atoms with van der Waals surface area (Å²) < 4.78 is 11.9. The van der Waals surface area contributed by atoms with Crippen molar-refractivity contribution in [1.29, 1.82) is 0 Å². The zero-order valence-electron chi connectivity index (χ0n) is 11.9. The Kier molecular flexibility index (Phi) is 3.40. The van der Waals surface area contributed by atoms with E-state index in [1.807, 2.05) is 36.4 Å². The Morgan fingerprint density at radius 2 is 2.00 bits per heavy atom. The van der Waals surface area contributed by atoms with E-state index in [4.69, 9.17) is 8.83 Å². The highest BCUT2D eigenvalue weighted by Crippen LogP contribution is 2.31. The van der Waals surface area contributed by atoms with E-state index >= 15 is 0 Å². The molecule has 0 atom stereocenters. The third kappa shape index (κ3) is 2.74. The molecule has 0 bridgehead atoms. The van der Waals surface area contributed by atoms with Crippen LogP contribution in [0.2, 0.25) is 0 Å². The SMILES string of the molecule is O=C(/C=C/c1ccc(-c2nc3ccccc3s2)o1)c1ccco1. The summed E-state index contributed by atoms with van der Waals surface area (Å²) in [5, 5.41) is 0.822. The van der Waals surface area contributed by atoms with Crippen molar-refractivity contribution in [1.82, 2.24) is 4.98 Å². The van der Waals surface area contributed by atoms with Gasteiger partial charge in [0.1, 0.15) is 5.76 Å². The number of allylic oxidation sites excluding steroid dienone is 1. The van der Waals surface area contributed by atoms with Crippen molar-refractivity contribution < 1.29 is 13.6 Å². The molecule has 23 heavy (non-hydrogen) atoms. The fraction of sp³-hybridized carbons (Fsp3) is 0. The Morgan fingerprint density at radius 1 is 1.09 bits per heavy atom. The molecule has 0 saturated carbocycles. The van der Waals surface area contributed by atoms with Crippen LogP contribution in [0.5, 0.6) is 0 Å². The lowest BCUT2D eigenvalue weighted by Gasteiger charge is -1.89. The molecule has 0 amide bonds. The number of carbonyl (C=O) groups excluding carboxylic acids is 1. The van der Waals surface area contributed by atoms with Gasteiger partial charge in [-0.1, -0.05) is 12.1 Å². The van der Waals surface area contributed by atoms with Gasteiger partial charge in [-0.2, -0.15) is 0 Å². The first-order valence-electron chi connectivity index (χ1n) is 7.01. The van der Waals surface area contributed by atoms with E-state index in [0.717, 1.165) is 15.2 Å². The monoisotopic (exact) mass is 321 g/mol. The van der Waals surface area contributed by atoms with Crippen molar-refractivity contribution in [3.63, 3.8) is 0 Å². The maximum absolute atomic E-state index is 11.8. The number of thiazole rings is 1. The molecule has 4 rings (SSSR count). The molecule has 0 unspecified atom stereocenters. The summed E-state index contributed by atoms with van der Waals surface area (Å²) in [5.41, 5.74) is 0.953. The zero-order valence-corrected chi connectivity index (χ0v) is 12.7. The smallest absolute Gasteiger partial charge is 0.221 e. The van der Waals surface area contributed by atoms with Crippen molar-refractivity contribution in [3.8, 4) is 10.8 Å². The van der Waals surface area contributed by atoms with E-state index in [0.29, 0.717) is 17.3 Å². The summed E-state index contributed by atoms with van der Waals surface area (Å²) in [5.74, 6) is 1.39. The first kappa shape index (κ1) is 13.7. The summed E-state index contributed by atoms with van der Waals surface area (Å²) in [6.07, 6.45) is 4.53. The number of fused-ring (bicyclic) bond motifs is 1. The maximum Gasteiger partial charge on any atom is 0.221 e. The fourth-order valence-corrected chi connectivity index (χ4v) is 3.12. The molecule has 0 saturated heterocycles. The van der Waals surface area contributed by atoms with Crippen LogP contribution in [0.4, 0.5) is 0 Å². The van der Waals surface area contributed by atoms with E-state index < -0.39 is 0 Å². The second kappa shape index (κ2) is 5.70. The zero-order chi connectivity index (χ0) is 15.6. The lowest BCUT2D eigenvalue weighted by atomic mass is 10.2. The highest BCUT2D eigenvalue weighted by molar-refractivity contribution is 7.21. The summed E-state index contributed by atoms with van der Waals surface area (Å²) in [7, 11) is 0. The molecule has 0 aliphatic rings. The Labute approximate surface area is 135 Å². The molecular weight excluding hydrogens is 310 g/mol. The molecular formula is C18H11NO3S. The van der Waals surface area contributed by atoms with Gasteiger partial charge in [0.15, 0.2) is 16.5 Å². The lowest BCUT2D eigenvalue weighted by Crippen LogP contribution is -1.89. The molecule has 4 nitrogen and oxygen atoms in total. The van der Waals surface area contributed by atoms with Crippen LogP contribution in [-0.2, 0) is 0 Å². The standard InChI is InChI=1S/C18H11NO3S/c20-14(15-5-3-11-21-15)9-7-12-8-10-16(22-12)18-19-13-4-1-2-6-17(13)23-18/h1-11H/b9-7+. The molecule has 0 spiro atoms. The van der Waals surface area contributed by atoms with Crippen LogP contribution >= 0.6 is 11.3 Å². The second-order valence-corrected chi connectivity index (χ2v) is 5.89. The highest BCUT2D eigenvalue weighted by atomic mass is 32.1. The number of ketones is 1. The van der Waals surface area contributed by atoms with E-state index in [1.165, 1.54) is 12.3 Å². The van der Waals surface area contributed by atoms with Crippen LogP contribution in [0.25, 0.3) is 27.1 Å². The number of nitrogens with zero attached hydrogens (tertiary/aromatic N) is 1. The third-order valence-electron chi connectivity index (χ3n) is 3.29. The van der Waals surface area contributed by atoms with Gasteiger partial charge in [0.25, 0.3) is 0 Å². The molecule has 5 heteroatoms. The van der Waals surface area contributed by atoms with Crippen LogP contribution in [-0.4, -0.2) is 10.8 Å². The number of aromatic nitrogens is 1. The van der Waals surface area contributed by atoms with E-state index in [9.17, 15) is 4.79 Å². The predicted octanol–water partition coefficient (Wildman–Crippen LogP) is 5.05. The largest absolute Gasteiger partial charge is 0.461 e. The first-order chi connectivity index (χ1) is 11.3. The van der Waals surface area contributed by atoms with Gasteiger partial charge in [0.05, 0.1) is 16.5 Å². The van der Waals surface area contributed by atoms with Gasteiger partial charge < -0.3 is 8.83 Å². The first-order valence-corrected chi connectivity index (χ1v) is 7.83. The maximum atomic E-state index is 11.8. The van der Waals surface area contributed by atoms with Gasteiger partial charge in [-0.3, -0.25) is 4.79 Å². The molecule has 0 N–H and O–H groups in total. The number of hydrogen-bond donors (Lipinski definition) is 0. The molecule has 3 aromatic heterocycles. The quantitative estimate of drug-likeness (QED) is 0.390. The van der Waals surface area contributed by atoms with Crippen molar-refractivity contribution in [2.75, 3.05) is 0 Å². The molecule has 0 fully saturated rings. The van der Waals surface area contributed by atoms with Gasteiger partial charge >= 0.3 is 0 Å². The van der Waals surface area contributed by atoms with Crippen LogP contribution < -0.4 is 0 Å². The summed E-state index contributed by atoms with van der Waals surface area (Å²) in [6, 6.07) is 14.9. The molecule has 0 aliphatic carbocycles. The number of furan rings is 2. The Balaban J connectivity index is 1.58. The van der Waals surface area contributed by atoms with Crippen LogP contribution in [0.15, 0.2) is 69.7 Å². The van der Waals surface area contributed by atoms with E-state index in [-0.39, 0.29) is 5.78 Å². The topological polar surface area (TPSA) is 56.2 Å². The highest BCUT2D eigenvalue weighted by Gasteiger charge is 2.10. The molecule has 1 aromatic carbocycles. The van der Waals surface area contributed by atoms with Crippen molar-refractivity contribution in [3.05, 3.63) is 72.4 Å². The normalized spacial score (nSPS) is 11.5. The number of hydrogen-bond acceptors (Lipinski definition) is 5. The minimum absolute atomic E-state index is 0.201. The van der Waals surface area contributed by atoms with Crippen LogP contribution in [0.3, 0.4) is 0 Å². The number of rotatable bonds is 4. The summed E-state index contributed by atoms with van der Waals surface area (Å²) in [6.45, 7) is 0. The van der Waals surface area contributed by atoms with Gasteiger partial charge in [-0.15, -0.1) is 11.3 Å². The number of carbonyl (C=O) groups is 1. The lowest BCUT2D eigenvalue weighted by molar-refractivity contribution is 0.102. The van der Waals surface area contributed by atoms with Gasteiger partial charge in [-0.05, 0) is 48.6 Å². The van der Waals surface area contributed by atoms with Crippen LogP contribution in [0.1, 0.15) is 16.3 Å². The number of benzene rings is 1. The Hall–Kier alpha value is -2.92. The molecule has 3 heterocycles. The Bertz CT molecular complexity index is 959. The third-order valence-corrected chi connectivity index (χ3v) is 4.35. The van der Waals surface area contributed by atoms with Gasteiger partial charge in [0.2, 0.25) is 5.78 Å². The van der Waals surface area contributed by atoms with Crippen molar-refractivity contribution in [2.24, 2.45) is 0 Å². The summed E-state index contributed by atoms with van der Waals surface area (Å²) >= 11 is 1.58. The van der Waals surface area contributed by atoms with Crippen LogP contribution in [0, 0.1) is 0 Å².